The minimum atomic E-state index is -5.17. The van der Waals surface area contributed by atoms with Crippen molar-refractivity contribution in [3.05, 3.63) is 101 Å². The Bertz CT molecular complexity index is 1690. The summed E-state index contributed by atoms with van der Waals surface area (Å²) in [4.78, 5) is 26.1. The number of alkyl halides is 3. The molecule has 2 aliphatic heterocycles. The second-order valence-electron chi connectivity index (χ2n) is 14.0. The smallest absolute Gasteiger partial charge is 0.427 e. The number of likely N-dealkylation sites (tertiary alicyclic amines) is 1. The molecule has 7 atom stereocenters. The fourth-order valence-corrected chi connectivity index (χ4v) is 9.28. The van der Waals surface area contributed by atoms with E-state index in [2.05, 4.69) is 29.2 Å². The highest BCUT2D eigenvalue weighted by molar-refractivity contribution is 5.96. The van der Waals surface area contributed by atoms with Crippen LogP contribution in [0.4, 0.5) is 13.2 Å². The number of aliphatic hydroxyl groups is 1. The number of piperidine rings is 1. The summed E-state index contributed by atoms with van der Waals surface area (Å²) < 4.78 is 58.0. The van der Waals surface area contributed by atoms with E-state index in [4.69, 9.17) is 9.47 Å². The molecule has 3 unspecified atom stereocenters. The molecule has 7 rings (SSSR count). The number of rotatable bonds is 8. The van der Waals surface area contributed by atoms with Gasteiger partial charge in [0.05, 0.1) is 32.3 Å². The number of carbonyl (C=O) groups excluding carboxylic acids is 2. The van der Waals surface area contributed by atoms with E-state index < -0.39 is 41.2 Å². The van der Waals surface area contributed by atoms with E-state index in [1.165, 1.54) is 30.7 Å². The van der Waals surface area contributed by atoms with Crippen LogP contribution in [0.1, 0.15) is 50.2 Å². The number of hydrogen-bond acceptors (Lipinski definition) is 6. The van der Waals surface area contributed by atoms with Gasteiger partial charge in [0.2, 0.25) is 0 Å². The number of benzene rings is 2. The van der Waals surface area contributed by atoms with Gasteiger partial charge in [-0.25, -0.2) is 0 Å². The highest BCUT2D eigenvalue weighted by Crippen LogP contribution is 2.67. The minimum Gasteiger partial charge on any atom is -0.427 e. The van der Waals surface area contributed by atoms with Crippen molar-refractivity contribution in [1.29, 1.82) is 0 Å². The van der Waals surface area contributed by atoms with Gasteiger partial charge in [-0.15, -0.1) is 13.2 Å². The van der Waals surface area contributed by atoms with Crippen LogP contribution in [0, 0.1) is 11.3 Å². The van der Waals surface area contributed by atoms with Crippen molar-refractivity contribution in [2.75, 3.05) is 20.1 Å². The lowest BCUT2D eigenvalue weighted by Crippen LogP contribution is -2.69. The van der Waals surface area contributed by atoms with E-state index in [9.17, 15) is 27.9 Å². The molecule has 2 aromatic carbocycles. The lowest BCUT2D eigenvalue weighted by Gasteiger charge is -2.62. The largest absolute Gasteiger partial charge is 0.573 e. The SMILES string of the molecule is CC(=O)OC1=CC(O)(NC(=O)C(=Cc2ccccc2)OC(F)(F)F)C2O[C@H]3CCC[C@H]4[C@H]5CC1=C2[C@@]34CC[N+]5(C)CCc1ccccc1. The molecule has 2 aromatic rings. The standard InChI is InChI=1S/C37H39F3N2O6/c1-23(43)46-30-22-36(45,41-34(44)29(48-37(38,39)40)20-25-12-7-4-8-13-25)33-32-26(30)21-28-27-14-9-15-31(47-33)35(27,32)17-19-42(28,2)18-16-24-10-5-3-6-11-24/h3-8,10-13,20,22,27-28,31,33,45H,9,14-19,21H2,1-2H3/p+1/t27-,28+,31-,33?,35+,36?,42?/m0/s1. The molecule has 254 valence electrons. The molecule has 2 N–H and O–H groups in total. The van der Waals surface area contributed by atoms with Gasteiger partial charge >= 0.3 is 12.3 Å². The van der Waals surface area contributed by atoms with Gasteiger partial charge in [0.1, 0.15) is 11.9 Å². The topological polar surface area (TPSA) is 94.1 Å². The second-order valence-corrected chi connectivity index (χ2v) is 14.0. The highest BCUT2D eigenvalue weighted by atomic mass is 19.4. The van der Waals surface area contributed by atoms with Crippen LogP contribution >= 0.6 is 0 Å². The van der Waals surface area contributed by atoms with E-state index in [1.54, 1.807) is 18.2 Å². The number of carbonyl (C=O) groups is 2. The third-order valence-corrected chi connectivity index (χ3v) is 11.2. The van der Waals surface area contributed by atoms with Crippen molar-refractivity contribution >= 4 is 18.0 Å². The van der Waals surface area contributed by atoms with E-state index in [1.807, 2.05) is 18.2 Å². The van der Waals surface area contributed by atoms with Crippen molar-refractivity contribution in [2.45, 2.75) is 75.8 Å². The maximum atomic E-state index is 13.6. The molecule has 1 spiro atoms. The van der Waals surface area contributed by atoms with Crippen molar-refractivity contribution in [3.63, 3.8) is 0 Å². The third-order valence-electron chi connectivity index (χ3n) is 11.2. The summed E-state index contributed by atoms with van der Waals surface area (Å²) in [5, 5.41) is 14.7. The first-order chi connectivity index (χ1) is 22.8. The summed E-state index contributed by atoms with van der Waals surface area (Å²) in [5.74, 6) is -2.64. The fraction of sp³-hybridized carbons (Fsp3) is 0.459. The average molecular weight is 666 g/mol. The van der Waals surface area contributed by atoms with Crippen molar-refractivity contribution in [2.24, 2.45) is 11.3 Å². The first-order valence-corrected chi connectivity index (χ1v) is 16.6. The Hall–Kier alpha value is -3.93. The molecular formula is C37H40F3N2O6+. The molecule has 11 heteroatoms. The van der Waals surface area contributed by atoms with Crippen LogP contribution in [0.3, 0.4) is 0 Å². The van der Waals surface area contributed by atoms with Crippen LogP contribution in [0.2, 0.25) is 0 Å². The molecule has 0 aromatic heterocycles. The number of amides is 1. The zero-order valence-electron chi connectivity index (χ0n) is 27.0. The van der Waals surface area contributed by atoms with Gasteiger partial charge in [-0.05, 0) is 35.6 Å². The fourth-order valence-electron chi connectivity index (χ4n) is 9.28. The Balaban J connectivity index is 1.27. The Kier molecular flexibility index (Phi) is 8.08. The number of esters is 1. The highest BCUT2D eigenvalue weighted by Gasteiger charge is 2.71. The van der Waals surface area contributed by atoms with Crippen LogP contribution in [-0.4, -0.2) is 71.9 Å². The number of nitrogens with zero attached hydrogens (tertiary/aromatic N) is 1. The Morgan fingerprint density at radius 2 is 1.81 bits per heavy atom. The van der Waals surface area contributed by atoms with E-state index >= 15 is 0 Å². The van der Waals surface area contributed by atoms with Gasteiger partial charge in [0.15, 0.2) is 11.5 Å². The number of halogens is 3. The molecule has 48 heavy (non-hydrogen) atoms. The van der Waals surface area contributed by atoms with Crippen molar-refractivity contribution < 1.29 is 46.6 Å². The van der Waals surface area contributed by atoms with E-state index in [0.29, 0.717) is 12.0 Å². The molecular weight excluding hydrogens is 625 g/mol. The predicted molar refractivity (Wildman–Crippen MR) is 169 cm³/mol. The monoisotopic (exact) mass is 665 g/mol. The number of quaternary nitrogens is 1. The quantitative estimate of drug-likeness (QED) is 0.126. The van der Waals surface area contributed by atoms with Gasteiger partial charge in [-0.2, -0.15) is 0 Å². The number of nitrogens with one attached hydrogen (secondary N) is 1. The number of hydrogen-bond donors (Lipinski definition) is 2. The molecule has 8 nitrogen and oxygen atoms in total. The lowest BCUT2D eigenvalue weighted by molar-refractivity contribution is -0.945. The minimum absolute atomic E-state index is 0.107. The molecule has 1 amide bonds. The summed E-state index contributed by atoms with van der Waals surface area (Å²) in [7, 11) is 2.30. The molecule has 3 aliphatic carbocycles. The normalized spacial score (nSPS) is 33.8. The summed E-state index contributed by atoms with van der Waals surface area (Å²) in [6.07, 6.45) is 0.581. The molecule has 3 fully saturated rings. The van der Waals surface area contributed by atoms with Crippen molar-refractivity contribution in [1.82, 2.24) is 5.32 Å². The Morgan fingerprint density at radius 3 is 2.50 bits per heavy atom. The summed E-state index contributed by atoms with van der Waals surface area (Å²) >= 11 is 0. The predicted octanol–water partition coefficient (Wildman–Crippen LogP) is 5.55. The van der Waals surface area contributed by atoms with Crippen LogP contribution in [0.5, 0.6) is 0 Å². The first-order valence-electron chi connectivity index (χ1n) is 16.6. The zero-order chi connectivity index (χ0) is 33.9. The van der Waals surface area contributed by atoms with Crippen LogP contribution in [-0.2, 0) is 30.2 Å². The van der Waals surface area contributed by atoms with Gasteiger partial charge in [-0.3, -0.25) is 9.59 Å². The van der Waals surface area contributed by atoms with Gasteiger partial charge < -0.3 is 29.1 Å². The van der Waals surface area contributed by atoms with Crippen LogP contribution < -0.4 is 5.32 Å². The maximum Gasteiger partial charge on any atom is 0.573 e. The molecule has 2 saturated heterocycles. The van der Waals surface area contributed by atoms with E-state index in [-0.39, 0.29) is 23.8 Å². The van der Waals surface area contributed by atoms with Gasteiger partial charge in [0, 0.05) is 49.2 Å². The summed E-state index contributed by atoms with van der Waals surface area (Å²) in [6.45, 7) is 3.06. The summed E-state index contributed by atoms with van der Waals surface area (Å²) in [5.41, 5.74) is 0.368. The van der Waals surface area contributed by atoms with Crippen LogP contribution in [0.25, 0.3) is 6.08 Å². The van der Waals surface area contributed by atoms with Crippen molar-refractivity contribution in [3.8, 4) is 0 Å². The summed E-state index contributed by atoms with van der Waals surface area (Å²) in [6, 6.07) is 18.6. The number of ether oxygens (including phenoxy) is 3. The van der Waals surface area contributed by atoms with E-state index in [0.717, 1.165) is 66.9 Å². The number of likely N-dealkylation sites (N-methyl/N-ethyl adjacent to an activating group) is 1. The zero-order valence-corrected chi connectivity index (χ0v) is 27.0. The maximum absolute atomic E-state index is 13.6. The lowest BCUT2D eigenvalue weighted by atomic mass is 9.50. The van der Waals surface area contributed by atoms with Crippen LogP contribution in [0.15, 0.2) is 89.4 Å². The Morgan fingerprint density at radius 1 is 1.10 bits per heavy atom. The molecule has 2 bridgehead atoms. The second kappa shape index (κ2) is 11.9. The first kappa shape index (κ1) is 32.6. The Labute approximate surface area is 277 Å². The third kappa shape index (κ3) is 5.65. The number of allylic oxidation sites excluding steroid dienone is 1. The molecule has 2 heterocycles. The van der Waals surface area contributed by atoms with Gasteiger partial charge in [0.25, 0.3) is 5.91 Å². The van der Waals surface area contributed by atoms with Gasteiger partial charge in [-0.1, -0.05) is 67.1 Å². The molecule has 1 saturated carbocycles. The average Bonchev–Trinajstić information content (AvgIpc) is 3.38. The molecule has 5 aliphatic rings. The molecule has 0 radical (unpaired) electrons.